The SMILES string of the molecule is N#Cc1ccccc1S(=O)(=O)CS. The average molecular weight is 213 g/mol. The van der Waals surface area contributed by atoms with Crippen molar-refractivity contribution in [2.45, 2.75) is 4.90 Å². The number of benzene rings is 1. The number of hydrogen-bond acceptors (Lipinski definition) is 4. The van der Waals surface area contributed by atoms with Crippen LogP contribution >= 0.6 is 12.6 Å². The van der Waals surface area contributed by atoms with Gasteiger partial charge in [-0.25, -0.2) is 8.42 Å². The first kappa shape index (κ1) is 10.1. The molecule has 5 heteroatoms. The van der Waals surface area contributed by atoms with Gasteiger partial charge in [0, 0.05) is 0 Å². The molecule has 0 saturated carbocycles. The van der Waals surface area contributed by atoms with Crippen LogP contribution in [-0.2, 0) is 9.84 Å². The summed E-state index contributed by atoms with van der Waals surface area (Å²) in [5, 5.41) is 8.35. The average Bonchev–Trinajstić information content (AvgIpc) is 2.18. The molecular weight excluding hydrogens is 206 g/mol. The van der Waals surface area contributed by atoms with Crippen LogP contribution in [0.2, 0.25) is 0 Å². The van der Waals surface area contributed by atoms with Crippen molar-refractivity contribution in [3.63, 3.8) is 0 Å². The minimum Gasteiger partial charge on any atom is -0.223 e. The zero-order chi connectivity index (χ0) is 9.90. The Hall–Kier alpha value is -0.990. The molecule has 0 bridgehead atoms. The summed E-state index contributed by atoms with van der Waals surface area (Å²) in [6, 6.07) is 7.90. The summed E-state index contributed by atoms with van der Waals surface area (Å²) in [5.41, 5.74) is 0.163. The van der Waals surface area contributed by atoms with E-state index in [4.69, 9.17) is 5.26 Å². The summed E-state index contributed by atoms with van der Waals surface area (Å²) in [4.78, 5) is 0.0486. The summed E-state index contributed by atoms with van der Waals surface area (Å²) in [7, 11) is -3.40. The molecule has 0 aliphatic carbocycles. The van der Waals surface area contributed by atoms with E-state index in [0.29, 0.717) is 0 Å². The number of sulfone groups is 1. The predicted molar refractivity (Wildman–Crippen MR) is 52.2 cm³/mol. The Kier molecular flexibility index (Phi) is 2.96. The largest absolute Gasteiger partial charge is 0.223 e. The fraction of sp³-hybridized carbons (Fsp3) is 0.125. The minimum atomic E-state index is -3.40. The second-order valence-corrected chi connectivity index (χ2v) is 5.05. The van der Waals surface area contributed by atoms with Crippen molar-refractivity contribution in [1.82, 2.24) is 0 Å². The lowest BCUT2D eigenvalue weighted by Crippen LogP contribution is -2.04. The molecule has 0 N–H and O–H groups in total. The van der Waals surface area contributed by atoms with E-state index < -0.39 is 9.84 Å². The molecule has 3 nitrogen and oxygen atoms in total. The van der Waals surface area contributed by atoms with Crippen LogP contribution < -0.4 is 0 Å². The highest BCUT2D eigenvalue weighted by Gasteiger charge is 2.15. The first-order chi connectivity index (χ1) is 6.11. The highest BCUT2D eigenvalue weighted by molar-refractivity contribution is 8.03. The van der Waals surface area contributed by atoms with Crippen LogP contribution in [0.25, 0.3) is 0 Å². The lowest BCUT2D eigenvalue weighted by molar-refractivity contribution is 0.600. The molecule has 0 fully saturated rings. The number of nitrogens with zero attached hydrogens (tertiary/aromatic N) is 1. The maximum Gasteiger partial charge on any atom is 0.188 e. The quantitative estimate of drug-likeness (QED) is 0.751. The molecule has 0 spiro atoms. The van der Waals surface area contributed by atoms with Crippen molar-refractivity contribution in [3.05, 3.63) is 29.8 Å². The Balaban J connectivity index is 3.40. The number of rotatable bonds is 2. The molecule has 0 unspecified atom stereocenters. The number of nitriles is 1. The first-order valence-corrected chi connectivity index (χ1v) is 5.73. The van der Waals surface area contributed by atoms with Crippen LogP contribution in [0.1, 0.15) is 5.56 Å². The van der Waals surface area contributed by atoms with Crippen LogP contribution in [0.15, 0.2) is 29.2 Å². The van der Waals surface area contributed by atoms with Crippen LogP contribution in [0.5, 0.6) is 0 Å². The van der Waals surface area contributed by atoms with Crippen LogP contribution in [0, 0.1) is 11.3 Å². The van der Waals surface area contributed by atoms with Crippen molar-refractivity contribution < 1.29 is 8.42 Å². The van der Waals surface area contributed by atoms with Gasteiger partial charge in [-0.1, -0.05) is 12.1 Å². The normalized spacial score (nSPS) is 10.8. The van der Waals surface area contributed by atoms with Gasteiger partial charge in [0.2, 0.25) is 0 Å². The summed E-state index contributed by atoms with van der Waals surface area (Å²) in [6.07, 6.45) is 0. The monoisotopic (exact) mass is 213 g/mol. The Labute approximate surface area is 82.3 Å². The van der Waals surface area contributed by atoms with Crippen LogP contribution in [-0.4, -0.2) is 13.5 Å². The lowest BCUT2D eigenvalue weighted by atomic mass is 10.2. The molecule has 0 aromatic heterocycles. The highest BCUT2D eigenvalue weighted by Crippen LogP contribution is 2.16. The smallest absolute Gasteiger partial charge is 0.188 e. The van der Waals surface area contributed by atoms with E-state index in [2.05, 4.69) is 12.6 Å². The standard InChI is InChI=1S/C8H7NO2S2/c9-5-7-3-1-2-4-8(7)13(10,11)6-12/h1-4,12H,6H2. The topological polar surface area (TPSA) is 57.9 Å². The molecule has 1 aromatic rings. The van der Waals surface area contributed by atoms with E-state index in [-0.39, 0.29) is 15.5 Å². The molecule has 1 aromatic carbocycles. The van der Waals surface area contributed by atoms with Crippen LogP contribution in [0.3, 0.4) is 0 Å². The molecule has 0 aliphatic rings. The van der Waals surface area contributed by atoms with Gasteiger partial charge >= 0.3 is 0 Å². The second-order valence-electron chi connectivity index (χ2n) is 2.35. The van der Waals surface area contributed by atoms with Crippen molar-refractivity contribution in [1.29, 1.82) is 5.26 Å². The minimum absolute atomic E-state index is 0.0486. The van der Waals surface area contributed by atoms with Crippen LogP contribution in [0.4, 0.5) is 0 Å². The van der Waals surface area contributed by atoms with Crippen molar-refractivity contribution >= 4 is 22.5 Å². The third-order valence-electron chi connectivity index (χ3n) is 1.51. The highest BCUT2D eigenvalue weighted by atomic mass is 32.2. The van der Waals surface area contributed by atoms with Gasteiger partial charge in [0.25, 0.3) is 0 Å². The predicted octanol–water partition coefficient (Wildman–Crippen LogP) is 1.22. The molecular formula is C8H7NO2S2. The number of hydrogen-bond donors (Lipinski definition) is 1. The molecule has 68 valence electrons. The van der Waals surface area contributed by atoms with Gasteiger partial charge in [0.15, 0.2) is 9.84 Å². The summed E-state index contributed by atoms with van der Waals surface area (Å²) >= 11 is 3.70. The molecule has 1 rings (SSSR count). The van der Waals surface area contributed by atoms with Gasteiger partial charge in [-0.05, 0) is 12.1 Å². The molecule has 0 heterocycles. The van der Waals surface area contributed by atoms with Gasteiger partial charge in [-0.2, -0.15) is 17.9 Å². The Morgan fingerprint density at radius 1 is 1.38 bits per heavy atom. The second kappa shape index (κ2) is 3.81. The van der Waals surface area contributed by atoms with E-state index in [1.807, 2.05) is 6.07 Å². The van der Waals surface area contributed by atoms with Gasteiger partial charge < -0.3 is 0 Å². The maximum absolute atomic E-state index is 11.4. The van der Waals surface area contributed by atoms with Gasteiger partial charge in [-0.15, -0.1) is 0 Å². The molecule has 0 amide bonds. The molecule has 0 atom stereocenters. The van der Waals surface area contributed by atoms with Gasteiger partial charge in [0.1, 0.15) is 6.07 Å². The zero-order valence-electron chi connectivity index (χ0n) is 6.64. The first-order valence-electron chi connectivity index (χ1n) is 3.44. The van der Waals surface area contributed by atoms with Crippen molar-refractivity contribution in [2.24, 2.45) is 0 Å². The third-order valence-corrected chi connectivity index (χ3v) is 3.90. The third kappa shape index (κ3) is 2.02. The molecule has 13 heavy (non-hydrogen) atoms. The Bertz CT molecular complexity index is 445. The zero-order valence-corrected chi connectivity index (χ0v) is 8.35. The fourth-order valence-corrected chi connectivity index (χ4v) is 2.19. The van der Waals surface area contributed by atoms with Crippen molar-refractivity contribution in [3.8, 4) is 6.07 Å². The molecule has 0 radical (unpaired) electrons. The molecule has 0 saturated heterocycles. The fourth-order valence-electron chi connectivity index (χ4n) is 0.900. The summed E-state index contributed by atoms with van der Waals surface area (Å²) in [5.74, 6) is 0. The van der Waals surface area contributed by atoms with E-state index in [1.54, 1.807) is 12.1 Å². The summed E-state index contributed by atoms with van der Waals surface area (Å²) in [6.45, 7) is 0. The van der Waals surface area contributed by atoms with Crippen molar-refractivity contribution in [2.75, 3.05) is 5.08 Å². The van der Waals surface area contributed by atoms with E-state index in [0.717, 1.165) is 0 Å². The lowest BCUT2D eigenvalue weighted by Gasteiger charge is -2.01. The Morgan fingerprint density at radius 2 is 2.00 bits per heavy atom. The van der Waals surface area contributed by atoms with Gasteiger partial charge in [-0.3, -0.25) is 0 Å². The number of thiol groups is 1. The summed E-state index contributed by atoms with van der Waals surface area (Å²) < 4.78 is 22.7. The van der Waals surface area contributed by atoms with E-state index in [1.165, 1.54) is 12.1 Å². The Morgan fingerprint density at radius 3 is 2.54 bits per heavy atom. The maximum atomic E-state index is 11.4. The van der Waals surface area contributed by atoms with Gasteiger partial charge in [0.05, 0.1) is 15.5 Å². The van der Waals surface area contributed by atoms with E-state index >= 15 is 0 Å². The van der Waals surface area contributed by atoms with E-state index in [9.17, 15) is 8.42 Å². The molecule has 0 aliphatic heterocycles.